The van der Waals surface area contributed by atoms with E-state index in [9.17, 15) is 14.7 Å². The van der Waals surface area contributed by atoms with Crippen LogP contribution in [-0.4, -0.2) is 27.2 Å². The van der Waals surface area contributed by atoms with E-state index in [0.29, 0.717) is 33.4 Å². The molecular weight excluding hydrogens is 402 g/mol. The van der Waals surface area contributed by atoms with Crippen molar-refractivity contribution < 1.29 is 9.90 Å². The van der Waals surface area contributed by atoms with Crippen LogP contribution in [0.15, 0.2) is 53.3 Å². The summed E-state index contributed by atoms with van der Waals surface area (Å²) in [6, 6.07) is 14.5. The largest absolute Gasteiger partial charge is 0.396 e. The predicted octanol–water partition coefficient (Wildman–Crippen LogP) is 3.61. The minimum Gasteiger partial charge on any atom is -0.396 e. The van der Waals surface area contributed by atoms with Crippen LogP contribution in [-0.2, 0) is 24.2 Å². The number of aliphatic hydroxyl groups is 1. The highest BCUT2D eigenvalue weighted by atomic mass is 35.5. The average Bonchev–Trinajstić information content (AvgIpc) is 2.73. The van der Waals surface area contributed by atoms with Crippen molar-refractivity contribution in [3.8, 4) is 11.4 Å². The molecule has 156 valence electrons. The van der Waals surface area contributed by atoms with Crippen molar-refractivity contribution in [1.82, 2.24) is 9.55 Å². The highest BCUT2D eigenvalue weighted by molar-refractivity contribution is 6.30. The molecule has 0 spiro atoms. The van der Waals surface area contributed by atoms with Gasteiger partial charge < -0.3 is 10.4 Å². The van der Waals surface area contributed by atoms with Gasteiger partial charge in [-0.1, -0.05) is 30.7 Å². The second-order valence-electron chi connectivity index (χ2n) is 6.97. The van der Waals surface area contributed by atoms with Crippen LogP contribution in [0, 0.1) is 6.92 Å². The second-order valence-corrected chi connectivity index (χ2v) is 7.41. The SMILES string of the molecule is CCc1cccc(NC(=O)Cn2c(-c3ccc(Cl)cc3)nc(C)c(CCO)c2=O)c1. The lowest BCUT2D eigenvalue weighted by Crippen LogP contribution is -2.33. The zero-order valence-corrected chi connectivity index (χ0v) is 17.7. The Labute approximate surface area is 180 Å². The van der Waals surface area contributed by atoms with E-state index in [4.69, 9.17) is 11.6 Å². The Morgan fingerprint density at radius 1 is 1.20 bits per heavy atom. The molecule has 0 radical (unpaired) electrons. The average molecular weight is 426 g/mol. The van der Waals surface area contributed by atoms with Gasteiger partial charge in [-0.25, -0.2) is 4.98 Å². The number of nitrogens with zero attached hydrogens (tertiary/aromatic N) is 2. The van der Waals surface area contributed by atoms with Crippen LogP contribution in [0.1, 0.15) is 23.7 Å². The lowest BCUT2D eigenvalue weighted by molar-refractivity contribution is -0.116. The highest BCUT2D eigenvalue weighted by Crippen LogP contribution is 2.20. The first kappa shape index (κ1) is 21.7. The summed E-state index contributed by atoms with van der Waals surface area (Å²) in [4.78, 5) is 30.5. The van der Waals surface area contributed by atoms with Gasteiger partial charge in [0.05, 0.1) is 0 Å². The number of hydrogen-bond acceptors (Lipinski definition) is 4. The number of anilines is 1. The molecule has 3 aromatic rings. The molecule has 0 aliphatic carbocycles. The summed E-state index contributed by atoms with van der Waals surface area (Å²) in [5.41, 5.74) is 3.06. The Bertz CT molecular complexity index is 1110. The number of aromatic nitrogens is 2. The smallest absolute Gasteiger partial charge is 0.257 e. The van der Waals surface area contributed by atoms with Crippen LogP contribution in [0.25, 0.3) is 11.4 Å². The lowest BCUT2D eigenvalue weighted by atomic mass is 10.1. The molecule has 0 bridgehead atoms. The van der Waals surface area contributed by atoms with Crippen LogP contribution >= 0.6 is 11.6 Å². The lowest BCUT2D eigenvalue weighted by Gasteiger charge is -2.16. The molecule has 2 N–H and O–H groups in total. The summed E-state index contributed by atoms with van der Waals surface area (Å²) in [7, 11) is 0. The van der Waals surface area contributed by atoms with Crippen LogP contribution in [0.2, 0.25) is 5.02 Å². The molecule has 0 atom stereocenters. The van der Waals surface area contributed by atoms with Crippen molar-refractivity contribution in [2.75, 3.05) is 11.9 Å². The number of nitrogens with one attached hydrogen (secondary N) is 1. The third-order valence-corrected chi connectivity index (χ3v) is 5.11. The van der Waals surface area contributed by atoms with Crippen LogP contribution < -0.4 is 10.9 Å². The van der Waals surface area contributed by atoms with Gasteiger partial charge >= 0.3 is 0 Å². The first-order chi connectivity index (χ1) is 14.4. The number of hydrogen-bond donors (Lipinski definition) is 2. The molecular formula is C23H24ClN3O3. The summed E-state index contributed by atoms with van der Waals surface area (Å²) >= 11 is 5.99. The van der Waals surface area contributed by atoms with Gasteiger partial charge in [0, 0.05) is 40.6 Å². The fourth-order valence-corrected chi connectivity index (χ4v) is 3.41. The van der Waals surface area contributed by atoms with Crippen LogP contribution in [0.5, 0.6) is 0 Å². The van der Waals surface area contributed by atoms with Crippen LogP contribution in [0.3, 0.4) is 0 Å². The quantitative estimate of drug-likeness (QED) is 0.605. The summed E-state index contributed by atoms with van der Waals surface area (Å²) in [6.07, 6.45) is 1.04. The molecule has 0 saturated carbocycles. The topological polar surface area (TPSA) is 84.2 Å². The Hall–Kier alpha value is -2.96. The normalized spacial score (nSPS) is 10.8. The Morgan fingerprint density at radius 3 is 2.60 bits per heavy atom. The van der Waals surface area contributed by atoms with Gasteiger partial charge in [-0.15, -0.1) is 0 Å². The third-order valence-electron chi connectivity index (χ3n) is 4.85. The number of aliphatic hydroxyl groups excluding tert-OH is 1. The third kappa shape index (κ3) is 4.96. The number of carbonyl (C=O) groups is 1. The molecule has 0 aliphatic heterocycles. The molecule has 0 unspecified atom stereocenters. The fourth-order valence-electron chi connectivity index (χ4n) is 3.28. The van der Waals surface area contributed by atoms with E-state index in [1.54, 1.807) is 31.2 Å². The van der Waals surface area contributed by atoms with Crippen molar-refractivity contribution in [3.63, 3.8) is 0 Å². The van der Waals surface area contributed by atoms with Gasteiger partial charge in [0.1, 0.15) is 12.4 Å². The summed E-state index contributed by atoms with van der Waals surface area (Å²) in [5, 5.41) is 12.7. The van der Waals surface area contributed by atoms with Crippen molar-refractivity contribution in [2.24, 2.45) is 0 Å². The molecule has 1 aromatic heterocycles. The Kier molecular flexibility index (Phi) is 7.03. The van der Waals surface area contributed by atoms with E-state index >= 15 is 0 Å². The van der Waals surface area contributed by atoms with Crippen molar-refractivity contribution in [3.05, 3.63) is 80.7 Å². The molecule has 1 amide bonds. The maximum Gasteiger partial charge on any atom is 0.257 e. The monoisotopic (exact) mass is 425 g/mol. The summed E-state index contributed by atoms with van der Waals surface area (Å²) < 4.78 is 1.35. The van der Waals surface area contributed by atoms with E-state index in [2.05, 4.69) is 10.3 Å². The van der Waals surface area contributed by atoms with E-state index in [1.165, 1.54) is 4.57 Å². The molecule has 7 heteroatoms. The number of aryl methyl sites for hydroxylation is 2. The molecule has 0 fully saturated rings. The molecule has 0 saturated heterocycles. The van der Waals surface area contributed by atoms with E-state index in [-0.39, 0.29) is 31.0 Å². The van der Waals surface area contributed by atoms with Gasteiger partial charge in [0.25, 0.3) is 5.56 Å². The van der Waals surface area contributed by atoms with E-state index < -0.39 is 0 Å². The standard InChI is InChI=1S/C23H24ClN3O3/c1-3-16-5-4-6-19(13-16)26-21(29)14-27-22(17-7-9-18(24)10-8-17)25-15(2)20(11-12-28)23(27)30/h4-10,13,28H,3,11-12,14H2,1-2H3,(H,26,29). The predicted molar refractivity (Wildman–Crippen MR) is 119 cm³/mol. The van der Waals surface area contributed by atoms with E-state index in [1.807, 2.05) is 31.2 Å². The molecule has 1 heterocycles. The molecule has 0 aliphatic rings. The fraction of sp³-hybridized carbons (Fsp3) is 0.261. The number of amides is 1. The summed E-state index contributed by atoms with van der Waals surface area (Å²) in [5.74, 6) is 0.0504. The second kappa shape index (κ2) is 9.69. The zero-order chi connectivity index (χ0) is 21.7. The number of rotatable bonds is 7. The molecule has 6 nitrogen and oxygen atoms in total. The first-order valence-electron chi connectivity index (χ1n) is 9.78. The highest BCUT2D eigenvalue weighted by Gasteiger charge is 2.18. The maximum atomic E-state index is 13.1. The molecule has 30 heavy (non-hydrogen) atoms. The van der Waals surface area contributed by atoms with Gasteiger partial charge in [0.15, 0.2) is 0 Å². The number of benzene rings is 2. The first-order valence-corrected chi connectivity index (χ1v) is 10.2. The van der Waals surface area contributed by atoms with Crippen molar-refractivity contribution in [2.45, 2.75) is 33.2 Å². The Morgan fingerprint density at radius 2 is 1.93 bits per heavy atom. The number of halogens is 1. The van der Waals surface area contributed by atoms with Gasteiger partial charge in [-0.2, -0.15) is 0 Å². The van der Waals surface area contributed by atoms with Crippen molar-refractivity contribution >= 4 is 23.2 Å². The van der Waals surface area contributed by atoms with Gasteiger partial charge in [-0.05, 0) is 55.3 Å². The van der Waals surface area contributed by atoms with Crippen LogP contribution in [0.4, 0.5) is 5.69 Å². The minimum absolute atomic E-state index is 0.173. The van der Waals surface area contributed by atoms with Crippen molar-refractivity contribution in [1.29, 1.82) is 0 Å². The molecule has 3 rings (SSSR count). The summed E-state index contributed by atoms with van der Waals surface area (Å²) in [6.45, 7) is 3.40. The number of carbonyl (C=O) groups excluding carboxylic acids is 1. The van der Waals surface area contributed by atoms with Gasteiger partial charge in [-0.3, -0.25) is 14.2 Å². The zero-order valence-electron chi connectivity index (χ0n) is 17.0. The van der Waals surface area contributed by atoms with E-state index in [0.717, 1.165) is 12.0 Å². The van der Waals surface area contributed by atoms with Gasteiger partial charge in [0.2, 0.25) is 5.91 Å². The molecule has 2 aromatic carbocycles. The Balaban J connectivity index is 2.00. The maximum absolute atomic E-state index is 13.1. The minimum atomic E-state index is -0.334.